The molecule has 0 bridgehead atoms. The minimum atomic E-state index is -4.72. The normalized spacial score (nSPS) is 22.9. The molecule has 1 fully saturated rings. The number of carbonyl (C=O) groups excluding carboxylic acids is 1. The van der Waals surface area contributed by atoms with Crippen LogP contribution in [0, 0.1) is 5.82 Å². The molecule has 0 aliphatic heterocycles. The third-order valence-corrected chi connectivity index (χ3v) is 3.53. The van der Waals surface area contributed by atoms with E-state index >= 15 is 0 Å². The molecule has 3 nitrogen and oxygen atoms in total. The first-order chi connectivity index (χ1) is 9.77. The van der Waals surface area contributed by atoms with Crippen molar-refractivity contribution in [2.24, 2.45) is 0 Å². The third kappa shape index (κ3) is 3.93. The summed E-state index contributed by atoms with van der Waals surface area (Å²) in [7, 11) is 0. The Morgan fingerprint density at radius 1 is 1.19 bits per heavy atom. The van der Waals surface area contributed by atoms with Crippen LogP contribution in [0.3, 0.4) is 0 Å². The number of aliphatic hydroxyl groups excluding tert-OH is 1. The van der Waals surface area contributed by atoms with Crippen molar-refractivity contribution in [2.75, 3.05) is 0 Å². The fraction of sp³-hybridized carbons (Fsp3) is 0.500. The molecule has 0 saturated heterocycles. The van der Waals surface area contributed by atoms with E-state index in [4.69, 9.17) is 0 Å². The maximum atomic E-state index is 13.2. The third-order valence-electron chi connectivity index (χ3n) is 3.53. The Morgan fingerprint density at radius 2 is 1.86 bits per heavy atom. The lowest BCUT2D eigenvalue weighted by Gasteiger charge is -2.28. The monoisotopic (exact) mass is 305 g/mol. The van der Waals surface area contributed by atoms with Gasteiger partial charge in [-0.2, -0.15) is 13.2 Å². The van der Waals surface area contributed by atoms with Gasteiger partial charge in [0.15, 0.2) is 0 Å². The van der Waals surface area contributed by atoms with Crippen molar-refractivity contribution in [3.63, 3.8) is 0 Å². The zero-order chi connectivity index (χ0) is 15.6. The molecule has 1 aliphatic carbocycles. The second kappa shape index (κ2) is 6.01. The summed E-state index contributed by atoms with van der Waals surface area (Å²) in [6.07, 6.45) is -2.71. The van der Waals surface area contributed by atoms with Gasteiger partial charge < -0.3 is 10.4 Å². The van der Waals surface area contributed by atoms with Gasteiger partial charge in [0, 0.05) is 5.56 Å². The molecule has 0 spiro atoms. The highest BCUT2D eigenvalue weighted by Crippen LogP contribution is 2.30. The second-order valence-corrected chi connectivity index (χ2v) is 5.16. The van der Waals surface area contributed by atoms with Crippen molar-refractivity contribution in [3.8, 4) is 0 Å². The van der Waals surface area contributed by atoms with Crippen molar-refractivity contribution < 1.29 is 27.5 Å². The van der Waals surface area contributed by atoms with Crippen molar-refractivity contribution in [1.82, 2.24) is 5.32 Å². The summed E-state index contributed by atoms with van der Waals surface area (Å²) < 4.78 is 51.0. The summed E-state index contributed by atoms with van der Waals surface area (Å²) in [5, 5.41) is 12.2. The fourth-order valence-corrected chi connectivity index (χ4v) is 2.42. The molecule has 2 atom stereocenters. The van der Waals surface area contributed by atoms with Crippen LogP contribution >= 0.6 is 0 Å². The van der Waals surface area contributed by atoms with Crippen molar-refractivity contribution in [1.29, 1.82) is 0 Å². The highest BCUT2D eigenvalue weighted by molar-refractivity contribution is 5.94. The molecule has 116 valence electrons. The predicted molar refractivity (Wildman–Crippen MR) is 67.1 cm³/mol. The largest absolute Gasteiger partial charge is 0.416 e. The number of halogens is 4. The molecule has 2 rings (SSSR count). The summed E-state index contributed by atoms with van der Waals surface area (Å²) in [5.41, 5.74) is -1.61. The van der Waals surface area contributed by atoms with Crippen LogP contribution in [0.15, 0.2) is 18.2 Å². The molecule has 7 heteroatoms. The topological polar surface area (TPSA) is 49.3 Å². The maximum Gasteiger partial charge on any atom is 0.416 e. The number of hydrogen-bond acceptors (Lipinski definition) is 2. The zero-order valence-electron chi connectivity index (χ0n) is 11.1. The molecule has 1 amide bonds. The maximum absolute atomic E-state index is 13.2. The Balaban J connectivity index is 2.17. The van der Waals surface area contributed by atoms with E-state index in [1.54, 1.807) is 0 Å². The number of aliphatic hydroxyl groups is 1. The van der Waals surface area contributed by atoms with Gasteiger partial charge in [0.1, 0.15) is 5.82 Å². The number of nitrogens with one attached hydrogen (secondary N) is 1. The van der Waals surface area contributed by atoms with Crippen LogP contribution in [0.25, 0.3) is 0 Å². The van der Waals surface area contributed by atoms with E-state index in [0.717, 1.165) is 18.9 Å². The van der Waals surface area contributed by atoms with Crippen LogP contribution in [-0.2, 0) is 6.18 Å². The minimum Gasteiger partial charge on any atom is -0.391 e. The molecule has 2 N–H and O–H groups in total. The van der Waals surface area contributed by atoms with Gasteiger partial charge in [0.25, 0.3) is 5.91 Å². The number of hydrogen-bond donors (Lipinski definition) is 2. The molecular weight excluding hydrogens is 290 g/mol. The standard InChI is InChI=1S/C14H15F4NO2/c15-10-6-8(5-9(7-10)14(16,17)18)13(21)19-11-3-1-2-4-12(11)20/h5-7,11-12,20H,1-4H2,(H,19,21). The number of alkyl halides is 3. The predicted octanol–water partition coefficient (Wildman–Crippen LogP) is 2.88. The fourth-order valence-electron chi connectivity index (χ4n) is 2.42. The number of amides is 1. The van der Waals surface area contributed by atoms with Crippen LogP contribution in [-0.4, -0.2) is 23.2 Å². The smallest absolute Gasteiger partial charge is 0.391 e. The Labute approximate surface area is 119 Å². The van der Waals surface area contributed by atoms with Crippen molar-refractivity contribution in [2.45, 2.75) is 44.0 Å². The summed E-state index contributed by atoms with van der Waals surface area (Å²) in [4.78, 5) is 11.9. The summed E-state index contributed by atoms with van der Waals surface area (Å²) in [6.45, 7) is 0. The van der Waals surface area contributed by atoms with Crippen LogP contribution in [0.1, 0.15) is 41.6 Å². The van der Waals surface area contributed by atoms with E-state index in [2.05, 4.69) is 5.32 Å². The first-order valence-corrected chi connectivity index (χ1v) is 6.64. The molecule has 1 aromatic rings. The van der Waals surface area contributed by atoms with Gasteiger partial charge in [-0.05, 0) is 31.0 Å². The molecule has 1 saturated carbocycles. The number of carbonyl (C=O) groups is 1. The SMILES string of the molecule is O=C(NC1CCCCC1O)c1cc(F)cc(C(F)(F)F)c1. The van der Waals surface area contributed by atoms with Gasteiger partial charge in [-0.1, -0.05) is 12.8 Å². The molecule has 1 aliphatic rings. The van der Waals surface area contributed by atoms with Gasteiger partial charge in [0.05, 0.1) is 17.7 Å². The highest BCUT2D eigenvalue weighted by atomic mass is 19.4. The Kier molecular flexibility index (Phi) is 4.51. The van der Waals surface area contributed by atoms with E-state index in [0.29, 0.717) is 25.0 Å². The molecule has 0 aromatic heterocycles. The summed E-state index contributed by atoms with van der Waals surface area (Å²) in [6, 6.07) is 1.18. The lowest BCUT2D eigenvalue weighted by molar-refractivity contribution is -0.137. The van der Waals surface area contributed by atoms with Crippen LogP contribution in [0.5, 0.6) is 0 Å². The minimum absolute atomic E-state index is 0.340. The number of rotatable bonds is 2. The second-order valence-electron chi connectivity index (χ2n) is 5.16. The summed E-state index contributed by atoms with van der Waals surface area (Å²) >= 11 is 0. The first-order valence-electron chi connectivity index (χ1n) is 6.64. The summed E-state index contributed by atoms with van der Waals surface area (Å²) in [5.74, 6) is -1.94. The zero-order valence-corrected chi connectivity index (χ0v) is 11.1. The van der Waals surface area contributed by atoms with Crippen molar-refractivity contribution >= 4 is 5.91 Å². The van der Waals surface area contributed by atoms with E-state index in [1.807, 2.05) is 0 Å². The average molecular weight is 305 g/mol. The molecular formula is C14H15F4NO2. The number of benzene rings is 1. The van der Waals surface area contributed by atoms with Crippen LogP contribution in [0.2, 0.25) is 0 Å². The van der Waals surface area contributed by atoms with Crippen LogP contribution in [0.4, 0.5) is 17.6 Å². The van der Waals surface area contributed by atoms with E-state index in [9.17, 15) is 27.5 Å². The van der Waals surface area contributed by atoms with Crippen LogP contribution < -0.4 is 5.32 Å². The Bertz CT molecular complexity index is 530. The lowest BCUT2D eigenvalue weighted by atomic mass is 9.92. The van der Waals surface area contributed by atoms with E-state index < -0.39 is 41.2 Å². The Morgan fingerprint density at radius 3 is 2.48 bits per heavy atom. The van der Waals surface area contributed by atoms with Gasteiger partial charge in [-0.25, -0.2) is 4.39 Å². The Hall–Kier alpha value is -1.63. The molecule has 1 aromatic carbocycles. The van der Waals surface area contributed by atoms with E-state index in [1.165, 1.54) is 0 Å². The quantitative estimate of drug-likeness (QED) is 0.826. The van der Waals surface area contributed by atoms with Gasteiger partial charge >= 0.3 is 6.18 Å². The van der Waals surface area contributed by atoms with Crippen molar-refractivity contribution in [3.05, 3.63) is 35.1 Å². The molecule has 0 heterocycles. The van der Waals surface area contributed by atoms with E-state index in [-0.39, 0.29) is 0 Å². The van der Waals surface area contributed by atoms with Gasteiger partial charge in [-0.15, -0.1) is 0 Å². The van der Waals surface area contributed by atoms with Gasteiger partial charge in [-0.3, -0.25) is 4.79 Å². The van der Waals surface area contributed by atoms with Gasteiger partial charge in [0.2, 0.25) is 0 Å². The molecule has 21 heavy (non-hydrogen) atoms. The lowest BCUT2D eigenvalue weighted by Crippen LogP contribution is -2.45. The highest BCUT2D eigenvalue weighted by Gasteiger charge is 2.32. The first kappa shape index (κ1) is 15.8. The average Bonchev–Trinajstić information content (AvgIpc) is 2.39. The molecule has 2 unspecified atom stereocenters. The molecule has 0 radical (unpaired) electrons.